The molecule has 5 rings (SSSR count). The number of nitrogens with zero attached hydrogens (tertiary/aromatic N) is 2. The maximum absolute atomic E-state index is 13.1. The molecular formula is C28H19N3O3. The summed E-state index contributed by atoms with van der Waals surface area (Å²) in [5.74, 6) is -1.57. The topological polar surface area (TPSA) is 92.2 Å². The molecule has 164 valence electrons. The predicted molar refractivity (Wildman–Crippen MR) is 132 cm³/mol. The summed E-state index contributed by atoms with van der Waals surface area (Å²) in [7, 11) is 0. The molecule has 0 aliphatic heterocycles. The smallest absolute Gasteiger partial charge is 0.337 e. The van der Waals surface area contributed by atoms with Crippen LogP contribution in [-0.2, 0) is 0 Å². The van der Waals surface area contributed by atoms with Gasteiger partial charge in [-0.2, -0.15) is 0 Å². The van der Waals surface area contributed by atoms with Crippen LogP contribution in [0.5, 0.6) is 0 Å². The van der Waals surface area contributed by atoms with Gasteiger partial charge >= 0.3 is 5.97 Å². The second kappa shape index (κ2) is 8.96. The zero-order valence-electron chi connectivity index (χ0n) is 18.0. The van der Waals surface area contributed by atoms with E-state index < -0.39 is 11.9 Å². The van der Waals surface area contributed by atoms with E-state index in [0.717, 1.165) is 33.0 Å². The van der Waals surface area contributed by atoms with Gasteiger partial charge in [0.05, 0.1) is 16.8 Å². The van der Waals surface area contributed by atoms with Crippen LogP contribution >= 0.6 is 0 Å². The Bertz CT molecular complexity index is 1530. The molecule has 0 unspecified atom stereocenters. The maximum atomic E-state index is 13.1. The molecule has 3 aromatic carbocycles. The minimum absolute atomic E-state index is 0.00234. The van der Waals surface area contributed by atoms with Gasteiger partial charge in [-0.25, -0.2) is 4.79 Å². The van der Waals surface area contributed by atoms with Crippen LogP contribution in [0.2, 0.25) is 0 Å². The van der Waals surface area contributed by atoms with Gasteiger partial charge in [-0.1, -0.05) is 60.7 Å². The summed E-state index contributed by atoms with van der Waals surface area (Å²) in [5, 5.41) is 14.4. The Hall–Kier alpha value is -4.84. The molecule has 34 heavy (non-hydrogen) atoms. The summed E-state index contributed by atoms with van der Waals surface area (Å²) < 4.78 is 0. The average Bonchev–Trinajstić information content (AvgIpc) is 2.88. The lowest BCUT2D eigenvalue weighted by Gasteiger charge is -2.13. The van der Waals surface area contributed by atoms with Crippen molar-refractivity contribution in [3.05, 3.63) is 115 Å². The summed E-state index contributed by atoms with van der Waals surface area (Å²) in [5.41, 5.74) is 3.85. The molecule has 0 spiro atoms. The monoisotopic (exact) mass is 445 g/mol. The minimum atomic E-state index is -1.13. The number of aromatic nitrogens is 2. The third-order valence-corrected chi connectivity index (χ3v) is 5.58. The predicted octanol–water partition coefficient (Wildman–Crippen LogP) is 5.91. The summed E-state index contributed by atoms with van der Waals surface area (Å²) >= 11 is 0. The molecule has 0 radical (unpaired) electrons. The number of rotatable bonds is 5. The molecule has 0 atom stereocenters. The molecule has 6 heteroatoms. The average molecular weight is 445 g/mol. The number of carbonyl (C=O) groups is 2. The van der Waals surface area contributed by atoms with Crippen LogP contribution in [-0.4, -0.2) is 27.0 Å². The van der Waals surface area contributed by atoms with Crippen LogP contribution in [0.15, 0.2) is 104 Å². The first-order valence-corrected chi connectivity index (χ1v) is 10.6. The van der Waals surface area contributed by atoms with E-state index in [1.165, 1.54) is 12.3 Å². The highest BCUT2D eigenvalue weighted by Gasteiger charge is 2.16. The Kier molecular flexibility index (Phi) is 5.54. The van der Waals surface area contributed by atoms with Crippen molar-refractivity contribution < 1.29 is 14.7 Å². The number of aromatic carboxylic acids is 1. The first kappa shape index (κ1) is 21.0. The van der Waals surface area contributed by atoms with Crippen molar-refractivity contribution in [3.8, 4) is 22.3 Å². The molecule has 2 N–H and O–H groups in total. The summed E-state index contributed by atoms with van der Waals surface area (Å²) in [6, 6.07) is 24.0. The van der Waals surface area contributed by atoms with Crippen molar-refractivity contribution in [2.24, 2.45) is 0 Å². The van der Waals surface area contributed by atoms with E-state index in [0.29, 0.717) is 5.56 Å². The first-order chi connectivity index (χ1) is 16.6. The van der Waals surface area contributed by atoms with Crippen molar-refractivity contribution in [1.82, 2.24) is 9.97 Å². The number of carboxylic acid groups (broad SMARTS) is 1. The number of benzene rings is 3. The van der Waals surface area contributed by atoms with Crippen LogP contribution in [0.25, 0.3) is 33.0 Å². The van der Waals surface area contributed by atoms with Crippen LogP contribution in [0, 0.1) is 0 Å². The minimum Gasteiger partial charge on any atom is -0.478 e. The lowest BCUT2D eigenvalue weighted by Crippen LogP contribution is -2.15. The van der Waals surface area contributed by atoms with E-state index in [1.807, 2.05) is 54.6 Å². The number of nitrogens with one attached hydrogen (secondary N) is 1. The van der Waals surface area contributed by atoms with Crippen molar-refractivity contribution in [2.75, 3.05) is 5.32 Å². The van der Waals surface area contributed by atoms with Crippen LogP contribution in [0.3, 0.4) is 0 Å². The third-order valence-electron chi connectivity index (χ3n) is 5.58. The molecular weight excluding hydrogens is 426 g/mol. The number of fused-ring (bicyclic) bond motifs is 1. The van der Waals surface area contributed by atoms with Crippen LogP contribution < -0.4 is 5.32 Å². The van der Waals surface area contributed by atoms with E-state index in [9.17, 15) is 14.7 Å². The zero-order valence-corrected chi connectivity index (χ0v) is 18.0. The number of carboxylic acids is 1. The number of hydrogen-bond donors (Lipinski definition) is 2. The fourth-order valence-corrected chi connectivity index (χ4v) is 3.90. The number of hydrogen-bond acceptors (Lipinski definition) is 4. The Labute approximate surface area is 195 Å². The summed E-state index contributed by atoms with van der Waals surface area (Å²) in [6.45, 7) is 0. The van der Waals surface area contributed by atoms with Gasteiger partial charge < -0.3 is 10.4 Å². The maximum Gasteiger partial charge on any atom is 0.337 e. The van der Waals surface area contributed by atoms with E-state index >= 15 is 0 Å². The van der Waals surface area contributed by atoms with E-state index in [4.69, 9.17) is 0 Å². The first-order valence-electron chi connectivity index (χ1n) is 10.6. The largest absolute Gasteiger partial charge is 0.478 e. The van der Waals surface area contributed by atoms with Gasteiger partial charge in [0.15, 0.2) is 0 Å². The molecule has 6 nitrogen and oxygen atoms in total. The number of pyridine rings is 2. The highest BCUT2D eigenvalue weighted by molar-refractivity contribution is 6.09. The lowest BCUT2D eigenvalue weighted by molar-refractivity contribution is 0.0698. The Morgan fingerprint density at radius 1 is 0.706 bits per heavy atom. The van der Waals surface area contributed by atoms with E-state index in [-0.39, 0.29) is 11.3 Å². The highest BCUT2D eigenvalue weighted by Crippen LogP contribution is 2.31. The SMILES string of the molecule is O=C(Nc1cc(-c2cncc3ccccc23)ccc1C(=O)O)c1cncc(-c2ccccc2)c1. The number of amides is 1. The Morgan fingerprint density at radius 2 is 1.47 bits per heavy atom. The van der Waals surface area contributed by atoms with Gasteiger partial charge in [-0.05, 0) is 34.7 Å². The van der Waals surface area contributed by atoms with Gasteiger partial charge in [0, 0.05) is 41.3 Å². The second-order valence-corrected chi connectivity index (χ2v) is 7.76. The highest BCUT2D eigenvalue weighted by atomic mass is 16.4. The van der Waals surface area contributed by atoms with E-state index in [2.05, 4.69) is 15.3 Å². The molecule has 0 aliphatic carbocycles. The molecule has 0 saturated carbocycles. The van der Waals surface area contributed by atoms with Gasteiger partial charge in [-0.15, -0.1) is 0 Å². The Morgan fingerprint density at radius 3 is 2.29 bits per heavy atom. The molecule has 0 aliphatic rings. The van der Waals surface area contributed by atoms with Crippen LogP contribution in [0.1, 0.15) is 20.7 Å². The Balaban J connectivity index is 1.52. The fraction of sp³-hybridized carbons (Fsp3) is 0. The quantitative estimate of drug-likeness (QED) is 0.351. The second-order valence-electron chi connectivity index (χ2n) is 7.76. The molecule has 1 amide bonds. The fourth-order valence-electron chi connectivity index (χ4n) is 3.90. The normalized spacial score (nSPS) is 10.7. The lowest BCUT2D eigenvalue weighted by atomic mass is 9.98. The van der Waals surface area contributed by atoms with Gasteiger partial charge in [0.2, 0.25) is 0 Å². The molecule has 0 bridgehead atoms. The molecule has 2 aromatic heterocycles. The van der Waals surface area contributed by atoms with Crippen molar-refractivity contribution in [1.29, 1.82) is 0 Å². The molecule has 2 heterocycles. The number of anilines is 1. The van der Waals surface area contributed by atoms with Gasteiger partial charge in [0.1, 0.15) is 0 Å². The molecule has 0 fully saturated rings. The zero-order chi connectivity index (χ0) is 23.5. The van der Waals surface area contributed by atoms with Crippen molar-refractivity contribution >= 4 is 28.3 Å². The van der Waals surface area contributed by atoms with Crippen molar-refractivity contribution in [3.63, 3.8) is 0 Å². The van der Waals surface area contributed by atoms with E-state index in [1.54, 1.807) is 36.8 Å². The summed E-state index contributed by atoms with van der Waals surface area (Å²) in [6.07, 6.45) is 6.65. The van der Waals surface area contributed by atoms with Gasteiger partial charge in [-0.3, -0.25) is 14.8 Å². The van der Waals surface area contributed by atoms with Crippen LogP contribution in [0.4, 0.5) is 5.69 Å². The standard InChI is InChI=1S/C28H19N3O3/c32-27(22-12-21(15-29-16-22)18-6-2-1-3-7-18)31-26-13-19(10-11-24(26)28(33)34)25-17-30-14-20-8-4-5-9-23(20)25/h1-17H,(H,31,32)(H,33,34). The summed E-state index contributed by atoms with van der Waals surface area (Å²) in [4.78, 5) is 33.4. The molecule has 0 saturated heterocycles. The molecule has 5 aromatic rings. The van der Waals surface area contributed by atoms with Crippen molar-refractivity contribution in [2.45, 2.75) is 0 Å². The number of carbonyl (C=O) groups excluding carboxylic acids is 1. The van der Waals surface area contributed by atoms with Gasteiger partial charge in [0.25, 0.3) is 5.91 Å². The third kappa shape index (κ3) is 4.12.